The summed E-state index contributed by atoms with van der Waals surface area (Å²) in [5, 5.41) is 0. The maximum Gasteiger partial charge on any atom is 0.0562 e. The van der Waals surface area contributed by atoms with Gasteiger partial charge in [0.05, 0.1) is 9.71 Å². The molecule has 1 unspecified atom stereocenters. The first kappa shape index (κ1) is 13.3. The molecule has 2 rings (SSSR count). The van der Waals surface area contributed by atoms with E-state index in [9.17, 15) is 4.21 Å². The van der Waals surface area contributed by atoms with Crippen molar-refractivity contribution in [3.8, 4) is 0 Å². The van der Waals surface area contributed by atoms with Crippen molar-refractivity contribution in [1.29, 1.82) is 0 Å². The normalized spacial score (nSPS) is 23.4. The quantitative estimate of drug-likeness (QED) is 0.690. The first-order valence-corrected chi connectivity index (χ1v) is 7.38. The molecule has 2 nitrogen and oxygen atoms in total. The molecule has 0 aromatic heterocycles. The Labute approximate surface area is 99.4 Å². The lowest BCUT2D eigenvalue weighted by Gasteiger charge is -2.10. The van der Waals surface area contributed by atoms with Gasteiger partial charge >= 0.3 is 0 Å². The lowest BCUT2D eigenvalue weighted by molar-refractivity contribution is 0.539. The van der Waals surface area contributed by atoms with Crippen LogP contribution in [-0.4, -0.2) is 21.4 Å². The molecule has 1 heterocycles. The maximum atomic E-state index is 12.0. The molecule has 3 heteroatoms. The Morgan fingerprint density at radius 2 is 1.88 bits per heavy atom. The molecule has 0 radical (unpaired) electrons. The average Bonchev–Trinajstić information content (AvgIpc) is 2.51. The van der Waals surface area contributed by atoms with Gasteiger partial charge in [-0.1, -0.05) is 44.9 Å². The van der Waals surface area contributed by atoms with Crippen LogP contribution in [0.1, 0.15) is 32.3 Å². The van der Waals surface area contributed by atoms with E-state index in [4.69, 9.17) is 0 Å². The third kappa shape index (κ3) is 2.66. The number of fused-ring (bicyclic) bond motifs is 1. The van der Waals surface area contributed by atoms with Gasteiger partial charge in [-0.25, -0.2) is 8.51 Å². The SMILES string of the molecule is C=S1(=O)c2ccccc2CN1C.CCCC. The Hall–Kier alpha value is -0.800. The highest BCUT2D eigenvalue weighted by Gasteiger charge is 2.25. The smallest absolute Gasteiger partial charge is 0.0562 e. The summed E-state index contributed by atoms with van der Waals surface area (Å²) < 4.78 is 13.8. The highest BCUT2D eigenvalue weighted by atomic mass is 32.2. The fraction of sp³-hybridized carbons (Fsp3) is 0.462. The van der Waals surface area contributed by atoms with Crippen LogP contribution in [0.3, 0.4) is 0 Å². The fourth-order valence-electron chi connectivity index (χ4n) is 1.46. The zero-order chi connectivity index (χ0) is 12.2. The van der Waals surface area contributed by atoms with Gasteiger partial charge < -0.3 is 0 Å². The number of unbranched alkanes of at least 4 members (excludes halogenated alkanes) is 1. The third-order valence-electron chi connectivity index (χ3n) is 2.71. The van der Waals surface area contributed by atoms with Crippen LogP contribution in [0.25, 0.3) is 0 Å². The summed E-state index contributed by atoms with van der Waals surface area (Å²) in [6.07, 6.45) is 2.64. The highest BCUT2D eigenvalue weighted by Crippen LogP contribution is 2.27. The molecular weight excluding hydrogens is 218 g/mol. The van der Waals surface area contributed by atoms with Crippen molar-refractivity contribution >= 4 is 15.6 Å². The minimum absolute atomic E-state index is 0.749. The second kappa shape index (κ2) is 5.51. The molecule has 1 aliphatic rings. The summed E-state index contributed by atoms with van der Waals surface area (Å²) in [6.45, 7) is 5.11. The minimum Gasteiger partial charge on any atom is -0.248 e. The lowest BCUT2D eigenvalue weighted by Crippen LogP contribution is -2.18. The number of rotatable bonds is 1. The predicted octanol–water partition coefficient (Wildman–Crippen LogP) is 2.93. The molecule has 1 aliphatic heterocycles. The Bertz CT molecular complexity index is 435. The van der Waals surface area contributed by atoms with Gasteiger partial charge in [-0.05, 0) is 24.5 Å². The summed E-state index contributed by atoms with van der Waals surface area (Å²) in [7, 11) is -0.308. The molecule has 0 saturated carbocycles. The van der Waals surface area contributed by atoms with E-state index in [2.05, 4.69) is 19.7 Å². The van der Waals surface area contributed by atoms with Crippen molar-refractivity contribution in [1.82, 2.24) is 4.31 Å². The third-order valence-corrected chi connectivity index (χ3v) is 4.93. The lowest BCUT2D eigenvalue weighted by atomic mass is 10.2. The van der Waals surface area contributed by atoms with E-state index in [1.165, 1.54) is 12.8 Å². The van der Waals surface area contributed by atoms with E-state index >= 15 is 0 Å². The molecular formula is C13H21NOS. The molecule has 0 bridgehead atoms. The number of hydrogen-bond donors (Lipinski definition) is 0. The van der Waals surface area contributed by atoms with Gasteiger partial charge in [0.15, 0.2) is 0 Å². The van der Waals surface area contributed by atoms with Crippen LogP contribution in [-0.2, 0) is 16.3 Å². The van der Waals surface area contributed by atoms with Crippen molar-refractivity contribution in [2.24, 2.45) is 0 Å². The van der Waals surface area contributed by atoms with Crippen LogP contribution in [0.4, 0.5) is 0 Å². The highest BCUT2D eigenvalue weighted by molar-refractivity contribution is 7.98. The monoisotopic (exact) mass is 239 g/mol. The molecule has 16 heavy (non-hydrogen) atoms. The Balaban J connectivity index is 0.000000280. The standard InChI is InChI=1S/C9H11NOS.C4H10/c1-10-7-8-5-3-4-6-9(8)12(10,2)11;1-3-4-2/h3-6H,2,7H2,1H3;3-4H2,1-2H3. The van der Waals surface area contributed by atoms with Gasteiger partial charge in [0, 0.05) is 11.4 Å². The Morgan fingerprint density at radius 3 is 2.38 bits per heavy atom. The molecule has 1 atom stereocenters. The minimum atomic E-state index is -2.15. The van der Waals surface area contributed by atoms with Gasteiger partial charge in [-0.3, -0.25) is 0 Å². The van der Waals surface area contributed by atoms with Crippen LogP contribution in [0.15, 0.2) is 29.2 Å². The van der Waals surface area contributed by atoms with E-state index < -0.39 is 9.71 Å². The predicted molar refractivity (Wildman–Crippen MR) is 72.0 cm³/mol. The number of hydrogen-bond acceptors (Lipinski definition) is 1. The zero-order valence-corrected chi connectivity index (χ0v) is 11.2. The largest absolute Gasteiger partial charge is 0.248 e. The molecule has 1 aromatic carbocycles. The molecule has 0 aliphatic carbocycles. The second-order valence-electron chi connectivity index (χ2n) is 4.03. The van der Waals surface area contributed by atoms with Gasteiger partial charge in [-0.2, -0.15) is 0 Å². The van der Waals surface area contributed by atoms with Crippen molar-refractivity contribution in [2.75, 3.05) is 7.05 Å². The topological polar surface area (TPSA) is 20.3 Å². The summed E-state index contributed by atoms with van der Waals surface area (Å²) in [5.74, 6) is 3.75. The Kier molecular flexibility index (Phi) is 4.56. The molecule has 0 spiro atoms. The fourth-order valence-corrected chi connectivity index (χ4v) is 2.97. The maximum absolute atomic E-state index is 12.0. The van der Waals surface area contributed by atoms with Crippen LogP contribution in [0.5, 0.6) is 0 Å². The van der Waals surface area contributed by atoms with Crippen molar-refractivity contribution in [3.63, 3.8) is 0 Å². The first-order chi connectivity index (χ1) is 7.54. The molecule has 0 saturated heterocycles. The van der Waals surface area contributed by atoms with Gasteiger partial charge in [0.2, 0.25) is 0 Å². The van der Waals surface area contributed by atoms with Crippen molar-refractivity contribution in [2.45, 2.75) is 38.1 Å². The van der Waals surface area contributed by atoms with Crippen LogP contribution >= 0.6 is 0 Å². The van der Waals surface area contributed by atoms with E-state index in [-0.39, 0.29) is 0 Å². The van der Waals surface area contributed by atoms with Gasteiger partial charge in [0.1, 0.15) is 0 Å². The van der Waals surface area contributed by atoms with Crippen molar-refractivity contribution < 1.29 is 4.21 Å². The van der Waals surface area contributed by atoms with Gasteiger partial charge in [-0.15, -0.1) is 0 Å². The molecule has 1 aromatic rings. The molecule has 90 valence electrons. The van der Waals surface area contributed by atoms with Crippen LogP contribution in [0.2, 0.25) is 0 Å². The molecule has 0 amide bonds. The number of nitrogens with zero attached hydrogens (tertiary/aromatic N) is 1. The molecule has 0 fully saturated rings. The van der Waals surface area contributed by atoms with E-state index in [1.807, 2.05) is 31.3 Å². The summed E-state index contributed by atoms with van der Waals surface area (Å²) >= 11 is 0. The first-order valence-electron chi connectivity index (χ1n) is 5.70. The Morgan fingerprint density at radius 1 is 1.31 bits per heavy atom. The summed E-state index contributed by atoms with van der Waals surface area (Å²) in [5.41, 5.74) is 1.14. The van der Waals surface area contributed by atoms with Crippen LogP contribution in [0, 0.1) is 0 Å². The van der Waals surface area contributed by atoms with Crippen LogP contribution < -0.4 is 0 Å². The van der Waals surface area contributed by atoms with Gasteiger partial charge in [0.25, 0.3) is 0 Å². The summed E-state index contributed by atoms with van der Waals surface area (Å²) in [6, 6.07) is 7.77. The van der Waals surface area contributed by atoms with Crippen molar-refractivity contribution in [3.05, 3.63) is 29.8 Å². The number of benzene rings is 1. The molecule has 0 N–H and O–H groups in total. The zero-order valence-electron chi connectivity index (χ0n) is 10.4. The van der Waals surface area contributed by atoms with E-state index in [0.29, 0.717) is 0 Å². The van der Waals surface area contributed by atoms with E-state index in [0.717, 1.165) is 17.0 Å². The van der Waals surface area contributed by atoms with E-state index in [1.54, 1.807) is 4.31 Å². The average molecular weight is 239 g/mol. The second-order valence-corrected chi connectivity index (χ2v) is 6.38. The summed E-state index contributed by atoms with van der Waals surface area (Å²) in [4.78, 5) is 0.896.